The number of rotatable bonds is 4. The zero-order valence-electron chi connectivity index (χ0n) is 13.2. The van der Waals surface area contributed by atoms with Crippen molar-refractivity contribution in [1.82, 2.24) is 14.3 Å². The quantitative estimate of drug-likeness (QED) is 0.743. The Morgan fingerprint density at radius 3 is 2.61 bits per heavy atom. The smallest absolute Gasteiger partial charge is 0.302 e. The SMILES string of the molecule is CCCn1c(=O)sc2ccc(C(=O)c3c[nH]n(C)c3=O)c(C)c21. The molecule has 23 heavy (non-hydrogen) atoms. The Morgan fingerprint density at radius 1 is 1.26 bits per heavy atom. The monoisotopic (exact) mass is 331 g/mol. The predicted octanol–water partition coefficient (Wildman–Crippen LogP) is 2.04. The van der Waals surface area contributed by atoms with Crippen LogP contribution in [0.2, 0.25) is 0 Å². The first-order valence-corrected chi connectivity index (χ1v) is 8.19. The van der Waals surface area contributed by atoms with Crippen LogP contribution in [0.4, 0.5) is 0 Å². The van der Waals surface area contributed by atoms with Crippen LogP contribution in [0.5, 0.6) is 0 Å². The number of hydrogen-bond donors (Lipinski definition) is 1. The van der Waals surface area contributed by atoms with Gasteiger partial charge in [-0.05, 0) is 31.0 Å². The fourth-order valence-corrected chi connectivity index (χ4v) is 3.75. The number of ketones is 1. The minimum atomic E-state index is -0.356. The van der Waals surface area contributed by atoms with E-state index in [1.54, 1.807) is 23.7 Å². The van der Waals surface area contributed by atoms with Gasteiger partial charge in [0, 0.05) is 25.4 Å². The summed E-state index contributed by atoms with van der Waals surface area (Å²) in [6, 6.07) is 3.48. The van der Waals surface area contributed by atoms with E-state index in [1.807, 2.05) is 13.8 Å². The van der Waals surface area contributed by atoms with Crippen LogP contribution in [0.1, 0.15) is 34.8 Å². The number of benzene rings is 1. The summed E-state index contributed by atoms with van der Waals surface area (Å²) in [7, 11) is 1.56. The van der Waals surface area contributed by atoms with Gasteiger partial charge in [-0.2, -0.15) is 0 Å². The van der Waals surface area contributed by atoms with Gasteiger partial charge in [0.1, 0.15) is 5.56 Å². The Morgan fingerprint density at radius 2 is 2.00 bits per heavy atom. The van der Waals surface area contributed by atoms with Gasteiger partial charge in [-0.25, -0.2) is 0 Å². The third-order valence-corrected chi connectivity index (χ3v) is 4.90. The van der Waals surface area contributed by atoms with Crippen LogP contribution < -0.4 is 10.4 Å². The molecular weight excluding hydrogens is 314 g/mol. The van der Waals surface area contributed by atoms with Crippen molar-refractivity contribution in [2.75, 3.05) is 0 Å². The molecule has 2 heterocycles. The number of fused-ring (bicyclic) bond motifs is 1. The summed E-state index contributed by atoms with van der Waals surface area (Å²) in [6.45, 7) is 4.44. The number of thiazole rings is 1. The molecule has 0 radical (unpaired) electrons. The molecule has 0 saturated carbocycles. The third kappa shape index (κ3) is 2.37. The number of hydrogen-bond acceptors (Lipinski definition) is 4. The number of nitrogens with zero attached hydrogens (tertiary/aromatic N) is 2. The highest BCUT2D eigenvalue weighted by molar-refractivity contribution is 7.16. The van der Waals surface area contributed by atoms with Crippen molar-refractivity contribution >= 4 is 27.3 Å². The van der Waals surface area contributed by atoms with Crippen molar-refractivity contribution in [2.24, 2.45) is 7.05 Å². The van der Waals surface area contributed by atoms with Gasteiger partial charge in [0.05, 0.1) is 10.2 Å². The topological polar surface area (TPSA) is 76.9 Å². The van der Waals surface area contributed by atoms with Crippen LogP contribution in [0, 0.1) is 6.92 Å². The molecule has 0 unspecified atom stereocenters. The fraction of sp³-hybridized carbons (Fsp3) is 0.312. The molecule has 0 aliphatic carbocycles. The van der Waals surface area contributed by atoms with Gasteiger partial charge in [-0.15, -0.1) is 0 Å². The number of aromatic amines is 1. The number of carbonyl (C=O) groups is 1. The Labute approximate surface area is 136 Å². The van der Waals surface area contributed by atoms with Gasteiger partial charge in [0.25, 0.3) is 5.56 Å². The average molecular weight is 331 g/mol. The van der Waals surface area contributed by atoms with Crippen LogP contribution in [-0.2, 0) is 13.6 Å². The summed E-state index contributed by atoms with van der Waals surface area (Å²) in [6.07, 6.45) is 2.25. The molecule has 0 aliphatic heterocycles. The van der Waals surface area contributed by atoms with Gasteiger partial charge >= 0.3 is 4.87 Å². The second-order valence-corrected chi connectivity index (χ2v) is 6.48. The predicted molar refractivity (Wildman–Crippen MR) is 90.6 cm³/mol. The van der Waals surface area contributed by atoms with Crippen LogP contribution in [0.15, 0.2) is 27.9 Å². The number of carbonyl (C=O) groups excluding carboxylic acids is 1. The van der Waals surface area contributed by atoms with E-state index >= 15 is 0 Å². The van der Waals surface area contributed by atoms with Gasteiger partial charge in [-0.1, -0.05) is 18.3 Å². The lowest BCUT2D eigenvalue weighted by atomic mass is 10.00. The molecule has 120 valence electrons. The Balaban J connectivity index is 2.23. The molecule has 0 aliphatic rings. The summed E-state index contributed by atoms with van der Waals surface area (Å²) in [5.41, 5.74) is 1.74. The maximum Gasteiger partial charge on any atom is 0.308 e. The van der Waals surface area contributed by atoms with Crippen LogP contribution >= 0.6 is 11.3 Å². The van der Waals surface area contributed by atoms with E-state index in [2.05, 4.69) is 5.10 Å². The highest BCUT2D eigenvalue weighted by Crippen LogP contribution is 2.25. The zero-order valence-corrected chi connectivity index (χ0v) is 14.0. The molecule has 1 aromatic carbocycles. The van der Waals surface area contributed by atoms with E-state index in [0.717, 1.165) is 22.2 Å². The highest BCUT2D eigenvalue weighted by atomic mass is 32.1. The average Bonchev–Trinajstić information content (AvgIpc) is 3.01. The van der Waals surface area contributed by atoms with Gasteiger partial charge in [-0.3, -0.25) is 23.6 Å². The fourth-order valence-electron chi connectivity index (χ4n) is 2.78. The van der Waals surface area contributed by atoms with Crippen molar-refractivity contribution < 1.29 is 4.79 Å². The van der Waals surface area contributed by atoms with E-state index < -0.39 is 0 Å². The van der Waals surface area contributed by atoms with E-state index in [4.69, 9.17) is 0 Å². The molecule has 0 saturated heterocycles. The summed E-state index contributed by atoms with van der Waals surface area (Å²) in [5.74, 6) is -0.326. The normalized spacial score (nSPS) is 11.3. The van der Waals surface area contributed by atoms with Crippen molar-refractivity contribution in [3.63, 3.8) is 0 Å². The van der Waals surface area contributed by atoms with E-state index in [1.165, 1.54) is 22.2 Å². The molecular formula is C16H17N3O3S. The number of aromatic nitrogens is 3. The zero-order chi connectivity index (χ0) is 16.7. The van der Waals surface area contributed by atoms with Gasteiger partial charge in [0.2, 0.25) is 5.78 Å². The molecule has 7 heteroatoms. The lowest BCUT2D eigenvalue weighted by Crippen LogP contribution is -2.20. The molecule has 3 aromatic rings. The van der Waals surface area contributed by atoms with Crippen molar-refractivity contribution in [1.29, 1.82) is 0 Å². The molecule has 0 bridgehead atoms. The standard InChI is InChI=1S/C16H17N3O3S/c1-4-7-19-13-9(2)10(5-6-12(13)23-16(19)22)14(20)11-8-17-18(3)15(11)21/h5-6,8,17H,4,7H2,1-3H3. The molecule has 0 amide bonds. The van der Waals surface area contributed by atoms with E-state index in [9.17, 15) is 14.4 Å². The summed E-state index contributed by atoms with van der Waals surface area (Å²) in [4.78, 5) is 36.8. The number of nitrogens with one attached hydrogen (secondary N) is 1. The first kappa shape index (κ1) is 15.5. The van der Waals surface area contributed by atoms with E-state index in [0.29, 0.717) is 12.1 Å². The van der Waals surface area contributed by atoms with Crippen LogP contribution in [0.3, 0.4) is 0 Å². The number of aryl methyl sites for hydroxylation is 3. The maximum absolute atomic E-state index is 12.7. The third-order valence-electron chi connectivity index (χ3n) is 3.96. The van der Waals surface area contributed by atoms with Gasteiger partial charge < -0.3 is 5.10 Å². The summed E-state index contributed by atoms with van der Waals surface area (Å²) < 4.78 is 3.83. The molecule has 0 spiro atoms. The Hall–Kier alpha value is -2.41. The first-order chi connectivity index (χ1) is 11.0. The Bertz CT molecular complexity index is 1020. The first-order valence-electron chi connectivity index (χ1n) is 7.37. The van der Waals surface area contributed by atoms with E-state index in [-0.39, 0.29) is 21.8 Å². The minimum absolute atomic E-state index is 0.0212. The van der Waals surface area contributed by atoms with Crippen molar-refractivity contribution in [2.45, 2.75) is 26.8 Å². The molecule has 1 N–H and O–H groups in total. The number of H-pyrrole nitrogens is 1. The summed E-state index contributed by atoms with van der Waals surface area (Å²) in [5, 5.41) is 2.71. The largest absolute Gasteiger partial charge is 0.308 e. The maximum atomic E-state index is 12.7. The van der Waals surface area contributed by atoms with Crippen LogP contribution in [-0.4, -0.2) is 20.1 Å². The molecule has 6 nitrogen and oxygen atoms in total. The van der Waals surface area contributed by atoms with Gasteiger partial charge in [0.15, 0.2) is 0 Å². The lowest BCUT2D eigenvalue weighted by Gasteiger charge is -2.08. The van der Waals surface area contributed by atoms with Crippen molar-refractivity contribution in [3.8, 4) is 0 Å². The molecule has 0 fully saturated rings. The molecule has 0 atom stereocenters. The Kier molecular flexibility index (Phi) is 3.81. The minimum Gasteiger partial charge on any atom is -0.302 e. The molecule has 2 aromatic heterocycles. The highest BCUT2D eigenvalue weighted by Gasteiger charge is 2.20. The van der Waals surface area contributed by atoms with Crippen molar-refractivity contribution in [3.05, 3.63) is 55.0 Å². The van der Waals surface area contributed by atoms with Crippen LogP contribution in [0.25, 0.3) is 10.2 Å². The summed E-state index contributed by atoms with van der Waals surface area (Å²) >= 11 is 1.18. The second kappa shape index (κ2) is 5.66. The second-order valence-electron chi connectivity index (χ2n) is 5.48. The molecule has 3 rings (SSSR count). The lowest BCUT2D eigenvalue weighted by molar-refractivity contribution is 0.103.